The number of carbonyl (C=O) groups is 2. The van der Waals surface area contributed by atoms with Crippen molar-refractivity contribution in [3.05, 3.63) is 128 Å². The van der Waals surface area contributed by atoms with Crippen LogP contribution in [0.3, 0.4) is 0 Å². The van der Waals surface area contributed by atoms with Crippen LogP contribution in [-0.4, -0.2) is 35.4 Å². The number of rotatable bonds is 12. The second kappa shape index (κ2) is 13.6. The number of aliphatic hydroxyl groups is 2. The zero-order valence-corrected chi connectivity index (χ0v) is 23.7. The predicted molar refractivity (Wildman–Crippen MR) is 152 cm³/mol. The van der Waals surface area contributed by atoms with E-state index in [2.05, 4.69) is 31.9 Å². The van der Waals surface area contributed by atoms with Gasteiger partial charge in [-0.15, -0.1) is 0 Å². The summed E-state index contributed by atoms with van der Waals surface area (Å²) in [5.74, 6) is -0.606. The molecule has 0 amide bonds. The number of Topliss-reactive ketones (excluding diaryl/α,β-unsaturated/α-hetero) is 2. The molecule has 0 aliphatic carbocycles. The summed E-state index contributed by atoms with van der Waals surface area (Å²) in [6, 6.07) is 26.9. The summed E-state index contributed by atoms with van der Waals surface area (Å²) >= 11 is 6.72. The van der Waals surface area contributed by atoms with Crippen LogP contribution >= 0.6 is 31.9 Å². The van der Waals surface area contributed by atoms with Gasteiger partial charge in [0.1, 0.15) is 23.7 Å². The second-order valence-electron chi connectivity index (χ2n) is 8.36. The fourth-order valence-corrected chi connectivity index (χ4v) is 4.43. The van der Waals surface area contributed by atoms with Crippen molar-refractivity contribution in [2.24, 2.45) is 0 Å². The summed E-state index contributed by atoms with van der Waals surface area (Å²) < 4.78 is 18.2. The van der Waals surface area contributed by atoms with Crippen LogP contribution < -0.4 is 9.47 Å². The average Bonchev–Trinajstić information content (AvgIpc) is 2.96. The Morgan fingerprint density at radius 2 is 1.00 bits per heavy atom. The van der Waals surface area contributed by atoms with Crippen molar-refractivity contribution in [2.45, 2.75) is 12.2 Å². The van der Waals surface area contributed by atoms with Crippen molar-refractivity contribution in [1.82, 2.24) is 0 Å². The summed E-state index contributed by atoms with van der Waals surface area (Å²) in [6.45, 7) is -0.551. The summed E-state index contributed by atoms with van der Waals surface area (Å²) in [4.78, 5) is 25.9. The van der Waals surface area contributed by atoms with E-state index in [1.165, 1.54) is 0 Å². The van der Waals surface area contributed by atoms with Crippen molar-refractivity contribution in [2.75, 3.05) is 13.6 Å². The molecule has 4 aromatic carbocycles. The highest BCUT2D eigenvalue weighted by Crippen LogP contribution is 2.30. The summed E-state index contributed by atoms with van der Waals surface area (Å²) in [5.41, 5.74) is 1.32. The van der Waals surface area contributed by atoms with E-state index in [9.17, 15) is 19.8 Å². The van der Waals surface area contributed by atoms with E-state index < -0.39 is 23.8 Å². The first-order valence-electron chi connectivity index (χ1n) is 11.8. The fraction of sp³-hybridized carbons (Fsp3) is 0.133. The molecule has 2 unspecified atom stereocenters. The number of hydrogen-bond donors (Lipinski definition) is 2. The minimum absolute atomic E-state index is 0.189. The number of ketones is 2. The van der Waals surface area contributed by atoms with Crippen LogP contribution in [0.2, 0.25) is 0 Å². The van der Waals surface area contributed by atoms with Crippen LogP contribution in [0.1, 0.15) is 44.1 Å². The lowest BCUT2D eigenvalue weighted by atomic mass is 9.99. The van der Waals surface area contributed by atoms with E-state index in [0.29, 0.717) is 20.1 Å². The van der Waals surface area contributed by atoms with Gasteiger partial charge in [0.25, 0.3) is 0 Å². The van der Waals surface area contributed by atoms with Crippen LogP contribution in [0.25, 0.3) is 0 Å². The molecule has 7 nitrogen and oxygen atoms in total. The summed E-state index contributed by atoms with van der Waals surface area (Å²) in [7, 11) is 0. The van der Waals surface area contributed by atoms with Gasteiger partial charge in [0.05, 0.1) is 11.1 Å². The number of benzene rings is 4. The molecular formula is C30H24Br2O7. The molecule has 4 rings (SSSR count). The second-order valence-corrected chi connectivity index (χ2v) is 10.2. The molecule has 0 fully saturated rings. The Morgan fingerprint density at radius 3 is 1.38 bits per heavy atom. The standard InChI is InChI=1S/C30H24Br2O7/c31-21-11-13-23(29(35)27(33)19-7-3-1-4-8-19)25(15-21)38-17-37-18-39-26-16-22(32)12-14-24(26)30(36)28(34)20-9-5-2-6-10-20/h1-16,27-28,33-34H,17-18H2. The number of carbonyl (C=O) groups excluding carboxylic acids is 2. The topological polar surface area (TPSA) is 102 Å². The van der Waals surface area contributed by atoms with Gasteiger partial charge in [-0.25, -0.2) is 0 Å². The van der Waals surface area contributed by atoms with Crippen LogP contribution in [0.5, 0.6) is 11.5 Å². The molecule has 4 aromatic rings. The Bertz CT molecular complexity index is 1320. The van der Waals surface area contributed by atoms with Gasteiger partial charge in [-0.05, 0) is 47.5 Å². The Kier molecular flexibility index (Phi) is 10.0. The molecule has 0 aliphatic rings. The normalized spacial score (nSPS) is 12.4. The van der Waals surface area contributed by atoms with Gasteiger partial charge in [-0.1, -0.05) is 92.5 Å². The zero-order chi connectivity index (χ0) is 27.8. The van der Waals surface area contributed by atoms with E-state index >= 15 is 0 Å². The Balaban J connectivity index is 1.39. The highest BCUT2D eigenvalue weighted by atomic mass is 79.9. The molecule has 0 aromatic heterocycles. The van der Waals surface area contributed by atoms with Gasteiger partial charge in [-0.2, -0.15) is 0 Å². The quantitative estimate of drug-likeness (QED) is 0.103. The maximum atomic E-state index is 13.0. The molecule has 200 valence electrons. The minimum Gasteiger partial charge on any atom is -0.467 e. The lowest BCUT2D eigenvalue weighted by molar-refractivity contribution is -0.0541. The first-order chi connectivity index (χ1) is 18.8. The number of hydrogen-bond acceptors (Lipinski definition) is 7. The largest absolute Gasteiger partial charge is 0.467 e. The molecule has 2 atom stereocenters. The van der Waals surface area contributed by atoms with Crippen molar-refractivity contribution in [1.29, 1.82) is 0 Å². The summed E-state index contributed by atoms with van der Waals surface area (Å²) in [5, 5.41) is 21.1. The van der Waals surface area contributed by atoms with Crippen molar-refractivity contribution in [3.8, 4) is 11.5 Å². The lowest BCUT2D eigenvalue weighted by Crippen LogP contribution is -2.16. The monoisotopic (exact) mass is 654 g/mol. The first kappa shape index (κ1) is 28.7. The third-order valence-electron chi connectivity index (χ3n) is 5.74. The molecule has 39 heavy (non-hydrogen) atoms. The Morgan fingerprint density at radius 1 is 0.615 bits per heavy atom. The smallest absolute Gasteiger partial charge is 0.199 e. The van der Waals surface area contributed by atoms with Crippen molar-refractivity contribution < 1.29 is 34.0 Å². The zero-order valence-electron chi connectivity index (χ0n) is 20.5. The van der Waals surface area contributed by atoms with E-state index in [1.807, 2.05) is 0 Å². The molecule has 0 spiro atoms. The SMILES string of the molecule is O=C(c1ccc(Br)cc1OCOCOc1cc(Br)ccc1C(=O)C(O)c1ccccc1)C(O)c1ccccc1. The molecule has 0 saturated carbocycles. The van der Waals surface area contributed by atoms with Crippen LogP contribution in [0, 0.1) is 0 Å². The lowest BCUT2D eigenvalue weighted by Gasteiger charge is -2.16. The minimum atomic E-state index is -1.35. The number of ether oxygens (including phenoxy) is 3. The molecule has 0 bridgehead atoms. The van der Waals surface area contributed by atoms with Crippen LogP contribution in [0.4, 0.5) is 0 Å². The van der Waals surface area contributed by atoms with E-state index in [1.54, 1.807) is 97.1 Å². The highest BCUT2D eigenvalue weighted by Gasteiger charge is 2.24. The molecule has 0 heterocycles. The van der Waals surface area contributed by atoms with Crippen molar-refractivity contribution in [3.63, 3.8) is 0 Å². The van der Waals surface area contributed by atoms with E-state index in [0.717, 1.165) is 0 Å². The van der Waals surface area contributed by atoms with Gasteiger partial charge in [0.15, 0.2) is 25.2 Å². The molecule has 9 heteroatoms. The van der Waals surface area contributed by atoms with Gasteiger partial charge < -0.3 is 24.4 Å². The Labute approximate surface area is 242 Å². The number of halogens is 2. The van der Waals surface area contributed by atoms with Crippen molar-refractivity contribution >= 4 is 43.4 Å². The third kappa shape index (κ3) is 7.40. The van der Waals surface area contributed by atoms with Gasteiger partial charge in [0, 0.05) is 8.95 Å². The molecule has 0 aliphatic heterocycles. The van der Waals surface area contributed by atoms with E-state index in [4.69, 9.17) is 14.2 Å². The summed E-state index contributed by atoms with van der Waals surface area (Å²) in [6.07, 6.45) is -2.70. The molecule has 0 radical (unpaired) electrons. The highest BCUT2D eigenvalue weighted by molar-refractivity contribution is 9.10. The Hall–Kier alpha value is -3.34. The van der Waals surface area contributed by atoms with Gasteiger partial charge in [0.2, 0.25) is 0 Å². The third-order valence-corrected chi connectivity index (χ3v) is 6.73. The van der Waals surface area contributed by atoms with Gasteiger partial charge >= 0.3 is 0 Å². The number of aliphatic hydroxyl groups excluding tert-OH is 2. The molecule has 2 N–H and O–H groups in total. The molecular weight excluding hydrogens is 632 g/mol. The maximum Gasteiger partial charge on any atom is 0.199 e. The fourth-order valence-electron chi connectivity index (χ4n) is 3.75. The van der Waals surface area contributed by atoms with E-state index in [-0.39, 0.29) is 36.2 Å². The first-order valence-corrected chi connectivity index (χ1v) is 13.4. The maximum absolute atomic E-state index is 13.0. The van der Waals surface area contributed by atoms with Crippen LogP contribution in [-0.2, 0) is 4.74 Å². The molecule has 0 saturated heterocycles. The predicted octanol–water partition coefficient (Wildman–Crippen LogP) is 6.43. The van der Waals surface area contributed by atoms with Crippen LogP contribution in [0.15, 0.2) is 106 Å². The van der Waals surface area contributed by atoms with Gasteiger partial charge in [-0.3, -0.25) is 9.59 Å². The average molecular weight is 656 g/mol.